The highest BCUT2D eigenvalue weighted by Gasteiger charge is 2.12. The van der Waals surface area contributed by atoms with Crippen LogP contribution in [-0.4, -0.2) is 69.6 Å². The summed E-state index contributed by atoms with van der Waals surface area (Å²) in [7, 11) is 3.18. The van der Waals surface area contributed by atoms with Crippen LogP contribution in [0.5, 0.6) is 5.75 Å². The largest absolute Gasteiger partial charge is 0.499 e. The zero-order valence-corrected chi connectivity index (χ0v) is 19.6. The lowest BCUT2D eigenvalue weighted by atomic mass is 10.1. The molecule has 1 aromatic carbocycles. The van der Waals surface area contributed by atoms with E-state index < -0.39 is 0 Å². The molecule has 1 aromatic rings. The van der Waals surface area contributed by atoms with Crippen molar-refractivity contribution >= 4 is 18.1 Å². The van der Waals surface area contributed by atoms with Crippen LogP contribution >= 0.6 is 0 Å². The molecule has 0 bridgehead atoms. The van der Waals surface area contributed by atoms with Crippen LogP contribution in [0, 0.1) is 0 Å². The average molecular weight is 442 g/mol. The van der Waals surface area contributed by atoms with Crippen LogP contribution in [0.4, 0.5) is 0 Å². The number of ether oxygens (including phenoxy) is 3. The van der Waals surface area contributed by atoms with Gasteiger partial charge in [-0.25, -0.2) is 0 Å². The predicted molar refractivity (Wildman–Crippen MR) is 132 cm³/mol. The van der Waals surface area contributed by atoms with E-state index in [1.807, 2.05) is 43.0 Å². The van der Waals surface area contributed by atoms with Gasteiger partial charge in [-0.1, -0.05) is 13.2 Å². The zero-order valence-electron chi connectivity index (χ0n) is 19.6. The summed E-state index contributed by atoms with van der Waals surface area (Å²) in [5.41, 5.74) is 3.16. The molecule has 0 aromatic heterocycles. The summed E-state index contributed by atoms with van der Waals surface area (Å²) >= 11 is 0. The van der Waals surface area contributed by atoms with Gasteiger partial charge in [0.05, 0.1) is 30.8 Å². The molecule has 0 heterocycles. The van der Waals surface area contributed by atoms with Crippen LogP contribution in [0.3, 0.4) is 0 Å². The third-order valence-electron chi connectivity index (χ3n) is 4.39. The van der Waals surface area contributed by atoms with Gasteiger partial charge in [0.1, 0.15) is 24.7 Å². The van der Waals surface area contributed by atoms with Crippen LogP contribution in [-0.2, 0) is 9.47 Å². The standard InChI is InChI=1S/C25H35N3O4/c1-7-24(28(9-3)16-17-29)25(26-8-2)21-10-12-22(13-11-21)32-18-20(4)27-15-14-23(31-6)19-30-5/h7-8,10-15,29H,1,4,9,16-19H2,2-3,5-6H3/b23-14+,25-24+,26-8?,27-15?. The SMILES string of the molecule is C=C/C(=C(\N=CC)c1ccc(OCC(=C)N=C/C=C(\COC)OC)cc1)N(CC)CCO. The second kappa shape index (κ2) is 15.6. The summed E-state index contributed by atoms with van der Waals surface area (Å²) in [6.45, 7) is 13.7. The third kappa shape index (κ3) is 8.91. The summed E-state index contributed by atoms with van der Waals surface area (Å²) in [4.78, 5) is 10.8. The van der Waals surface area contributed by atoms with E-state index in [1.54, 1.807) is 38.8 Å². The fraction of sp³-hybridized carbons (Fsp3) is 0.360. The van der Waals surface area contributed by atoms with E-state index >= 15 is 0 Å². The van der Waals surface area contributed by atoms with Gasteiger partial charge in [-0.15, -0.1) is 0 Å². The summed E-state index contributed by atoms with van der Waals surface area (Å²) in [6, 6.07) is 7.64. The number of nitrogens with zero attached hydrogens (tertiary/aromatic N) is 3. The Hall–Kier alpha value is -3.16. The molecule has 0 radical (unpaired) electrons. The molecule has 0 unspecified atom stereocenters. The van der Waals surface area contributed by atoms with Crippen molar-refractivity contribution in [2.75, 3.05) is 47.1 Å². The van der Waals surface area contributed by atoms with Crippen molar-refractivity contribution in [1.82, 2.24) is 4.90 Å². The zero-order chi connectivity index (χ0) is 23.8. The van der Waals surface area contributed by atoms with Gasteiger partial charge < -0.3 is 24.2 Å². The Bertz CT molecular complexity index is 839. The Morgan fingerprint density at radius 1 is 1.16 bits per heavy atom. The van der Waals surface area contributed by atoms with Gasteiger partial charge in [0.15, 0.2) is 0 Å². The van der Waals surface area contributed by atoms with Crippen molar-refractivity contribution in [2.24, 2.45) is 9.98 Å². The topological polar surface area (TPSA) is 75.9 Å². The molecule has 7 heteroatoms. The molecule has 0 aliphatic carbocycles. The lowest BCUT2D eigenvalue weighted by molar-refractivity contribution is 0.160. The van der Waals surface area contributed by atoms with Crippen LogP contribution in [0.2, 0.25) is 0 Å². The number of likely N-dealkylation sites (N-methyl/N-ethyl adjacent to an activating group) is 1. The highest BCUT2D eigenvalue weighted by Crippen LogP contribution is 2.25. The molecule has 0 saturated carbocycles. The second-order valence-electron chi connectivity index (χ2n) is 6.56. The van der Waals surface area contributed by atoms with Gasteiger partial charge in [-0.05, 0) is 50.3 Å². The molecule has 7 nitrogen and oxygen atoms in total. The van der Waals surface area contributed by atoms with Crippen LogP contribution in [0.1, 0.15) is 19.4 Å². The Kier molecular flexibility index (Phi) is 13.1. The maximum atomic E-state index is 9.37. The van der Waals surface area contributed by atoms with Gasteiger partial charge in [-0.3, -0.25) is 9.98 Å². The number of rotatable bonds is 15. The van der Waals surface area contributed by atoms with Gasteiger partial charge in [0.25, 0.3) is 0 Å². The monoisotopic (exact) mass is 441 g/mol. The molecule has 0 aliphatic rings. The molecule has 1 rings (SSSR count). The fourth-order valence-corrected chi connectivity index (χ4v) is 2.82. The van der Waals surface area contributed by atoms with Crippen LogP contribution in [0.25, 0.3) is 5.70 Å². The number of aliphatic imine (C=N–C) groups is 2. The molecule has 0 saturated heterocycles. The number of hydrogen-bond acceptors (Lipinski definition) is 7. The van der Waals surface area contributed by atoms with Crippen molar-refractivity contribution in [3.05, 3.63) is 72.3 Å². The van der Waals surface area contributed by atoms with Crippen LogP contribution in [0.15, 0.2) is 76.7 Å². The van der Waals surface area contributed by atoms with Gasteiger partial charge in [-0.2, -0.15) is 0 Å². The quantitative estimate of drug-likeness (QED) is 0.252. The van der Waals surface area contributed by atoms with Gasteiger partial charge in [0.2, 0.25) is 0 Å². The van der Waals surface area contributed by atoms with Crippen molar-refractivity contribution < 1.29 is 19.3 Å². The third-order valence-corrected chi connectivity index (χ3v) is 4.39. The average Bonchev–Trinajstić information content (AvgIpc) is 2.81. The normalized spacial score (nSPS) is 12.7. The first-order valence-corrected chi connectivity index (χ1v) is 10.4. The highest BCUT2D eigenvalue weighted by molar-refractivity contribution is 5.76. The number of methoxy groups -OCH3 is 2. The summed E-state index contributed by atoms with van der Waals surface area (Å²) < 4.78 is 16.0. The lowest BCUT2D eigenvalue weighted by Crippen LogP contribution is -2.26. The van der Waals surface area contributed by atoms with Gasteiger partial charge in [0, 0.05) is 38.2 Å². The molecular formula is C25H35N3O4. The first kappa shape index (κ1) is 26.9. The summed E-state index contributed by atoms with van der Waals surface area (Å²) in [5, 5.41) is 9.37. The minimum Gasteiger partial charge on any atom is -0.499 e. The van der Waals surface area contributed by atoms with E-state index in [0.717, 1.165) is 23.5 Å². The number of hydrogen-bond donors (Lipinski definition) is 1. The smallest absolute Gasteiger partial charge is 0.130 e. The Morgan fingerprint density at radius 2 is 1.88 bits per heavy atom. The van der Waals surface area contributed by atoms with Crippen molar-refractivity contribution in [1.29, 1.82) is 0 Å². The van der Waals surface area contributed by atoms with Crippen LogP contribution < -0.4 is 4.74 Å². The number of aliphatic hydroxyl groups is 1. The molecule has 0 atom stereocenters. The lowest BCUT2D eigenvalue weighted by Gasteiger charge is -2.25. The van der Waals surface area contributed by atoms with E-state index in [2.05, 4.69) is 23.1 Å². The molecule has 1 N–H and O–H groups in total. The van der Waals surface area contributed by atoms with E-state index in [4.69, 9.17) is 14.2 Å². The molecule has 174 valence electrons. The van der Waals surface area contributed by atoms with Crippen molar-refractivity contribution in [3.8, 4) is 5.75 Å². The maximum Gasteiger partial charge on any atom is 0.130 e. The molecule has 0 amide bonds. The Morgan fingerprint density at radius 3 is 2.41 bits per heavy atom. The van der Waals surface area contributed by atoms with Gasteiger partial charge >= 0.3 is 0 Å². The Balaban J connectivity index is 2.91. The molecule has 32 heavy (non-hydrogen) atoms. The van der Waals surface area contributed by atoms with E-state index in [9.17, 15) is 5.11 Å². The van der Waals surface area contributed by atoms with E-state index in [-0.39, 0.29) is 13.2 Å². The van der Waals surface area contributed by atoms with E-state index in [1.165, 1.54) is 0 Å². The van der Waals surface area contributed by atoms with Crippen molar-refractivity contribution in [3.63, 3.8) is 0 Å². The molecule has 0 spiro atoms. The maximum absolute atomic E-state index is 9.37. The number of aliphatic hydroxyl groups excluding tert-OH is 1. The summed E-state index contributed by atoms with van der Waals surface area (Å²) in [5.74, 6) is 1.36. The van der Waals surface area contributed by atoms with Crippen molar-refractivity contribution in [2.45, 2.75) is 13.8 Å². The second-order valence-corrected chi connectivity index (χ2v) is 6.56. The minimum absolute atomic E-state index is 0.0579. The Labute approximate surface area is 191 Å². The number of benzene rings is 1. The minimum atomic E-state index is 0.0579. The highest BCUT2D eigenvalue weighted by atomic mass is 16.5. The molecule has 0 aliphatic heterocycles. The number of allylic oxidation sites excluding steroid dienone is 2. The first-order valence-electron chi connectivity index (χ1n) is 10.4. The van der Waals surface area contributed by atoms with E-state index in [0.29, 0.717) is 30.4 Å². The molecule has 0 fully saturated rings. The fourth-order valence-electron chi connectivity index (χ4n) is 2.82. The summed E-state index contributed by atoms with van der Waals surface area (Å²) in [6.07, 6.45) is 6.84. The predicted octanol–water partition coefficient (Wildman–Crippen LogP) is 4.09. The first-order chi connectivity index (χ1) is 15.5. The molecular weight excluding hydrogens is 406 g/mol.